The number of fused-ring (bicyclic) bond motifs is 1. The molecule has 3 N–H and O–H groups in total. The highest BCUT2D eigenvalue weighted by Crippen LogP contribution is 2.18. The number of carbonyl (C=O) groups is 1. The molecule has 0 aliphatic heterocycles. The monoisotopic (exact) mass is 286 g/mol. The van der Waals surface area contributed by atoms with Crippen LogP contribution < -0.4 is 11.1 Å². The first-order chi connectivity index (χ1) is 10.2. The summed E-state index contributed by atoms with van der Waals surface area (Å²) >= 11 is 0. The standard InChI is InChI=1S/C17H22N2O2/c1-21-11-5-10-16(18)17(20)19-12-14-8-4-7-13-6-2-3-9-15(13)14/h2-4,6-9,16H,5,10-12,18H2,1H3,(H,19,20). The Bertz CT molecular complexity index is 593. The summed E-state index contributed by atoms with van der Waals surface area (Å²) in [6, 6.07) is 13.8. The van der Waals surface area contributed by atoms with Gasteiger partial charge in [-0.15, -0.1) is 0 Å². The lowest BCUT2D eigenvalue weighted by Crippen LogP contribution is -2.40. The second-order valence-corrected chi connectivity index (χ2v) is 5.10. The third kappa shape index (κ3) is 4.28. The van der Waals surface area contributed by atoms with E-state index in [2.05, 4.69) is 23.5 Å². The molecular formula is C17H22N2O2. The Balaban J connectivity index is 1.94. The predicted molar refractivity (Wildman–Crippen MR) is 84.9 cm³/mol. The van der Waals surface area contributed by atoms with Gasteiger partial charge in [-0.25, -0.2) is 0 Å². The summed E-state index contributed by atoms with van der Waals surface area (Å²) in [5.74, 6) is -0.112. The molecule has 1 amide bonds. The number of hydrogen-bond acceptors (Lipinski definition) is 3. The smallest absolute Gasteiger partial charge is 0.237 e. The van der Waals surface area contributed by atoms with E-state index in [1.54, 1.807) is 7.11 Å². The molecule has 0 saturated carbocycles. The highest BCUT2D eigenvalue weighted by molar-refractivity contribution is 5.86. The fourth-order valence-corrected chi connectivity index (χ4v) is 2.34. The summed E-state index contributed by atoms with van der Waals surface area (Å²) in [6.45, 7) is 1.13. The van der Waals surface area contributed by atoms with Crippen molar-refractivity contribution in [2.24, 2.45) is 5.73 Å². The number of nitrogens with two attached hydrogens (primary N) is 1. The van der Waals surface area contributed by atoms with Crippen molar-refractivity contribution in [3.63, 3.8) is 0 Å². The number of amides is 1. The highest BCUT2D eigenvalue weighted by atomic mass is 16.5. The molecule has 0 aliphatic rings. The Morgan fingerprint density at radius 3 is 2.81 bits per heavy atom. The van der Waals surface area contributed by atoms with Crippen LogP contribution in [-0.4, -0.2) is 25.7 Å². The zero-order valence-electron chi connectivity index (χ0n) is 12.3. The maximum absolute atomic E-state index is 12.0. The van der Waals surface area contributed by atoms with Gasteiger partial charge in [0.1, 0.15) is 0 Å². The normalized spacial score (nSPS) is 12.3. The Morgan fingerprint density at radius 1 is 1.24 bits per heavy atom. The minimum absolute atomic E-state index is 0.112. The van der Waals surface area contributed by atoms with E-state index in [-0.39, 0.29) is 5.91 Å². The van der Waals surface area contributed by atoms with Crippen LogP contribution >= 0.6 is 0 Å². The van der Waals surface area contributed by atoms with Gasteiger partial charge in [0.05, 0.1) is 6.04 Å². The summed E-state index contributed by atoms with van der Waals surface area (Å²) in [5.41, 5.74) is 6.97. The maximum atomic E-state index is 12.0. The van der Waals surface area contributed by atoms with Crippen molar-refractivity contribution in [3.05, 3.63) is 48.0 Å². The quantitative estimate of drug-likeness (QED) is 0.767. The van der Waals surface area contributed by atoms with Gasteiger partial charge in [0.2, 0.25) is 5.91 Å². The Labute approximate surface area is 125 Å². The highest BCUT2D eigenvalue weighted by Gasteiger charge is 2.12. The molecule has 0 spiro atoms. The predicted octanol–water partition coefficient (Wildman–Crippen LogP) is 2.21. The fraction of sp³-hybridized carbons (Fsp3) is 0.353. The van der Waals surface area contributed by atoms with Gasteiger partial charge in [0, 0.05) is 20.3 Å². The molecule has 1 unspecified atom stereocenters. The summed E-state index contributed by atoms with van der Waals surface area (Å²) in [5, 5.41) is 5.25. The van der Waals surface area contributed by atoms with Gasteiger partial charge < -0.3 is 15.8 Å². The van der Waals surface area contributed by atoms with Crippen LogP contribution in [-0.2, 0) is 16.1 Å². The number of carbonyl (C=O) groups excluding carboxylic acids is 1. The van der Waals surface area contributed by atoms with E-state index >= 15 is 0 Å². The van der Waals surface area contributed by atoms with E-state index in [4.69, 9.17) is 10.5 Å². The fourth-order valence-electron chi connectivity index (χ4n) is 2.34. The molecule has 21 heavy (non-hydrogen) atoms. The molecule has 1 atom stereocenters. The van der Waals surface area contributed by atoms with E-state index in [0.717, 1.165) is 17.4 Å². The third-order valence-corrected chi connectivity index (χ3v) is 3.53. The van der Waals surface area contributed by atoms with Crippen LogP contribution in [0.5, 0.6) is 0 Å². The first kappa shape index (κ1) is 15.5. The number of rotatable bonds is 7. The molecule has 0 fully saturated rings. The third-order valence-electron chi connectivity index (χ3n) is 3.53. The molecule has 0 bridgehead atoms. The van der Waals surface area contributed by atoms with Crippen molar-refractivity contribution in [1.82, 2.24) is 5.32 Å². The van der Waals surface area contributed by atoms with Crippen molar-refractivity contribution >= 4 is 16.7 Å². The molecular weight excluding hydrogens is 264 g/mol. The molecule has 0 aromatic heterocycles. The van der Waals surface area contributed by atoms with E-state index in [1.165, 1.54) is 5.39 Å². The summed E-state index contributed by atoms with van der Waals surface area (Å²) < 4.78 is 4.96. The zero-order valence-corrected chi connectivity index (χ0v) is 12.3. The number of benzene rings is 2. The van der Waals surface area contributed by atoms with Gasteiger partial charge in [-0.1, -0.05) is 42.5 Å². The lowest BCUT2D eigenvalue weighted by Gasteiger charge is -2.13. The SMILES string of the molecule is COCCCC(N)C(=O)NCc1cccc2ccccc12. The van der Waals surface area contributed by atoms with Crippen molar-refractivity contribution in [3.8, 4) is 0 Å². The largest absolute Gasteiger partial charge is 0.385 e. The Kier molecular flexibility index (Phi) is 5.72. The van der Waals surface area contributed by atoms with Gasteiger partial charge >= 0.3 is 0 Å². The van der Waals surface area contributed by atoms with E-state index in [9.17, 15) is 4.79 Å². The van der Waals surface area contributed by atoms with Crippen molar-refractivity contribution < 1.29 is 9.53 Å². The molecule has 2 rings (SSSR count). The van der Waals surface area contributed by atoms with Crippen LogP contribution in [0, 0.1) is 0 Å². The van der Waals surface area contributed by atoms with Crippen LogP contribution in [0.2, 0.25) is 0 Å². The van der Waals surface area contributed by atoms with Crippen LogP contribution in [0.15, 0.2) is 42.5 Å². The summed E-state index contributed by atoms with van der Waals surface area (Å²) in [7, 11) is 1.64. The van der Waals surface area contributed by atoms with Gasteiger partial charge in [0.25, 0.3) is 0 Å². The minimum atomic E-state index is -0.477. The Morgan fingerprint density at radius 2 is 2.00 bits per heavy atom. The molecule has 2 aromatic rings. The number of nitrogens with one attached hydrogen (secondary N) is 1. The van der Waals surface area contributed by atoms with Gasteiger partial charge in [0.15, 0.2) is 0 Å². The second-order valence-electron chi connectivity index (χ2n) is 5.10. The average molecular weight is 286 g/mol. The lowest BCUT2D eigenvalue weighted by atomic mass is 10.0. The maximum Gasteiger partial charge on any atom is 0.237 e. The molecule has 2 aromatic carbocycles. The lowest BCUT2D eigenvalue weighted by molar-refractivity contribution is -0.122. The van der Waals surface area contributed by atoms with Crippen molar-refractivity contribution in [2.75, 3.05) is 13.7 Å². The van der Waals surface area contributed by atoms with E-state index in [1.807, 2.05) is 24.3 Å². The average Bonchev–Trinajstić information content (AvgIpc) is 2.52. The first-order valence-electron chi connectivity index (χ1n) is 7.21. The van der Waals surface area contributed by atoms with Gasteiger partial charge in [-0.3, -0.25) is 4.79 Å². The summed E-state index contributed by atoms with van der Waals surface area (Å²) in [6.07, 6.45) is 1.43. The zero-order chi connectivity index (χ0) is 15.1. The van der Waals surface area contributed by atoms with Crippen LogP contribution in [0.25, 0.3) is 10.8 Å². The Hall–Kier alpha value is -1.91. The topological polar surface area (TPSA) is 64.3 Å². The van der Waals surface area contributed by atoms with E-state index < -0.39 is 6.04 Å². The number of methoxy groups -OCH3 is 1. The molecule has 0 aliphatic carbocycles. The van der Waals surface area contributed by atoms with Gasteiger partial charge in [-0.2, -0.15) is 0 Å². The molecule has 0 heterocycles. The first-order valence-corrected chi connectivity index (χ1v) is 7.21. The minimum Gasteiger partial charge on any atom is -0.385 e. The second kappa shape index (κ2) is 7.76. The van der Waals surface area contributed by atoms with Crippen molar-refractivity contribution in [2.45, 2.75) is 25.4 Å². The van der Waals surface area contributed by atoms with Crippen LogP contribution in [0.1, 0.15) is 18.4 Å². The molecule has 4 nitrogen and oxygen atoms in total. The van der Waals surface area contributed by atoms with Crippen LogP contribution in [0.3, 0.4) is 0 Å². The number of ether oxygens (including phenoxy) is 1. The molecule has 112 valence electrons. The number of hydrogen-bond donors (Lipinski definition) is 2. The van der Waals surface area contributed by atoms with E-state index in [0.29, 0.717) is 19.6 Å². The molecule has 0 saturated heterocycles. The molecule has 4 heteroatoms. The summed E-state index contributed by atoms with van der Waals surface area (Å²) in [4.78, 5) is 12.0. The van der Waals surface area contributed by atoms with Gasteiger partial charge in [-0.05, 0) is 29.2 Å². The molecule has 0 radical (unpaired) electrons. The van der Waals surface area contributed by atoms with Crippen LogP contribution in [0.4, 0.5) is 0 Å². The van der Waals surface area contributed by atoms with Crippen molar-refractivity contribution in [1.29, 1.82) is 0 Å².